The molecule has 21 heavy (non-hydrogen) atoms. The van der Waals surface area contributed by atoms with Crippen molar-refractivity contribution in [3.8, 4) is 0 Å². The maximum absolute atomic E-state index is 4.75. The maximum Gasteiger partial charge on any atom is 0.134 e. The Labute approximate surface area is 128 Å². The topological polar surface area (TPSA) is 41.0 Å². The van der Waals surface area contributed by atoms with Crippen molar-refractivity contribution >= 4 is 11.6 Å². The smallest absolute Gasteiger partial charge is 0.134 e. The molecule has 0 bridgehead atoms. The van der Waals surface area contributed by atoms with Gasteiger partial charge in [-0.15, -0.1) is 0 Å². The second kappa shape index (κ2) is 6.20. The maximum atomic E-state index is 4.75. The van der Waals surface area contributed by atoms with Gasteiger partial charge in [0.2, 0.25) is 0 Å². The number of nitrogens with zero attached hydrogens (tertiary/aromatic N) is 3. The second-order valence-electron chi connectivity index (χ2n) is 6.61. The van der Waals surface area contributed by atoms with Crippen LogP contribution in [0, 0.1) is 5.41 Å². The molecule has 1 aliphatic carbocycles. The van der Waals surface area contributed by atoms with Gasteiger partial charge < -0.3 is 10.2 Å². The molecule has 0 unspecified atom stereocenters. The van der Waals surface area contributed by atoms with Crippen molar-refractivity contribution in [2.45, 2.75) is 58.8 Å². The molecule has 0 amide bonds. The number of rotatable bonds is 4. The summed E-state index contributed by atoms with van der Waals surface area (Å²) in [5.74, 6) is 3.04. The minimum Gasteiger partial charge on any atom is -0.370 e. The summed E-state index contributed by atoms with van der Waals surface area (Å²) in [5, 5.41) is 3.33. The molecule has 1 aliphatic heterocycles. The summed E-state index contributed by atoms with van der Waals surface area (Å²) < 4.78 is 0. The molecule has 2 heterocycles. The Morgan fingerprint density at radius 2 is 1.81 bits per heavy atom. The van der Waals surface area contributed by atoms with Crippen molar-refractivity contribution in [3.63, 3.8) is 0 Å². The van der Waals surface area contributed by atoms with E-state index >= 15 is 0 Å². The molecule has 2 aliphatic rings. The van der Waals surface area contributed by atoms with Crippen molar-refractivity contribution in [2.24, 2.45) is 5.41 Å². The number of anilines is 2. The fourth-order valence-corrected chi connectivity index (χ4v) is 3.91. The highest BCUT2D eigenvalue weighted by Gasteiger charge is 2.37. The number of nitrogens with one attached hydrogen (secondary N) is 1. The lowest BCUT2D eigenvalue weighted by Gasteiger charge is -2.40. The summed E-state index contributed by atoms with van der Waals surface area (Å²) in [4.78, 5) is 11.8. The fourth-order valence-electron chi connectivity index (χ4n) is 3.91. The lowest BCUT2D eigenvalue weighted by Crippen LogP contribution is -2.39. The van der Waals surface area contributed by atoms with E-state index in [0.29, 0.717) is 5.41 Å². The van der Waals surface area contributed by atoms with Gasteiger partial charge in [-0.05, 0) is 38.0 Å². The van der Waals surface area contributed by atoms with Crippen LogP contribution in [0.2, 0.25) is 0 Å². The Kier molecular flexibility index (Phi) is 4.32. The lowest BCUT2D eigenvalue weighted by atomic mass is 9.77. The van der Waals surface area contributed by atoms with Crippen molar-refractivity contribution < 1.29 is 0 Å². The molecular formula is C17H28N4. The second-order valence-corrected chi connectivity index (χ2v) is 6.61. The van der Waals surface area contributed by atoms with Crippen molar-refractivity contribution in [2.75, 3.05) is 29.9 Å². The summed E-state index contributed by atoms with van der Waals surface area (Å²) in [6.45, 7) is 7.46. The van der Waals surface area contributed by atoms with Crippen molar-refractivity contribution in [1.82, 2.24) is 9.97 Å². The van der Waals surface area contributed by atoms with Crippen molar-refractivity contribution in [3.05, 3.63) is 11.9 Å². The van der Waals surface area contributed by atoms with Gasteiger partial charge in [0, 0.05) is 32.1 Å². The zero-order chi connectivity index (χ0) is 14.7. The Morgan fingerprint density at radius 1 is 1.10 bits per heavy atom. The van der Waals surface area contributed by atoms with E-state index in [2.05, 4.69) is 35.1 Å². The molecule has 0 aromatic carbocycles. The van der Waals surface area contributed by atoms with Gasteiger partial charge >= 0.3 is 0 Å². The Hall–Kier alpha value is -1.32. The molecule has 1 saturated heterocycles. The average Bonchev–Trinajstić information content (AvgIpc) is 2.96. The summed E-state index contributed by atoms with van der Waals surface area (Å²) in [6.07, 6.45) is 9.37. The quantitative estimate of drug-likeness (QED) is 0.918. The van der Waals surface area contributed by atoms with Crippen LogP contribution in [-0.4, -0.2) is 29.6 Å². The van der Waals surface area contributed by atoms with Crippen LogP contribution in [0.15, 0.2) is 6.07 Å². The zero-order valence-corrected chi connectivity index (χ0v) is 13.5. The van der Waals surface area contributed by atoms with Crippen LogP contribution < -0.4 is 10.2 Å². The first kappa shape index (κ1) is 14.6. The molecular weight excluding hydrogens is 260 g/mol. The third-order valence-electron chi connectivity index (χ3n) is 5.25. The Bertz CT molecular complexity index is 470. The minimum atomic E-state index is 0.668. The predicted molar refractivity (Wildman–Crippen MR) is 87.9 cm³/mol. The van der Waals surface area contributed by atoms with Crippen LogP contribution in [0.5, 0.6) is 0 Å². The number of aromatic nitrogens is 2. The molecule has 3 rings (SSSR count). The summed E-state index contributed by atoms with van der Waals surface area (Å²) in [6, 6.07) is 2.12. The molecule has 116 valence electrons. The van der Waals surface area contributed by atoms with Crippen LogP contribution in [0.4, 0.5) is 11.6 Å². The van der Waals surface area contributed by atoms with E-state index in [1.807, 2.05) is 0 Å². The van der Waals surface area contributed by atoms with Gasteiger partial charge in [0.25, 0.3) is 0 Å². The van der Waals surface area contributed by atoms with E-state index in [-0.39, 0.29) is 0 Å². The van der Waals surface area contributed by atoms with Crippen LogP contribution in [0.1, 0.15) is 58.2 Å². The molecule has 0 radical (unpaired) electrons. The van der Waals surface area contributed by atoms with Gasteiger partial charge in [0.15, 0.2) is 0 Å². The molecule has 1 spiro atoms. The van der Waals surface area contributed by atoms with E-state index in [1.54, 1.807) is 0 Å². The highest BCUT2D eigenvalue weighted by Crippen LogP contribution is 2.46. The first-order chi connectivity index (χ1) is 10.2. The fraction of sp³-hybridized carbons (Fsp3) is 0.765. The molecule has 4 nitrogen and oxygen atoms in total. The van der Waals surface area contributed by atoms with E-state index in [0.717, 1.165) is 43.5 Å². The molecule has 0 atom stereocenters. The molecule has 1 N–H and O–H groups in total. The highest BCUT2D eigenvalue weighted by molar-refractivity contribution is 5.49. The molecule has 4 heteroatoms. The van der Waals surface area contributed by atoms with Gasteiger partial charge in [0.05, 0.1) is 0 Å². The highest BCUT2D eigenvalue weighted by atomic mass is 15.2. The van der Waals surface area contributed by atoms with E-state index in [9.17, 15) is 0 Å². The summed E-state index contributed by atoms with van der Waals surface area (Å²) in [7, 11) is 0. The summed E-state index contributed by atoms with van der Waals surface area (Å²) in [5.41, 5.74) is 0.668. The molecule has 2 fully saturated rings. The van der Waals surface area contributed by atoms with Gasteiger partial charge in [0.1, 0.15) is 17.5 Å². The molecule has 1 saturated carbocycles. The van der Waals surface area contributed by atoms with E-state index in [4.69, 9.17) is 4.98 Å². The first-order valence-electron chi connectivity index (χ1n) is 8.61. The monoisotopic (exact) mass is 288 g/mol. The lowest BCUT2D eigenvalue weighted by molar-refractivity contribution is 0.226. The molecule has 1 aromatic rings. The van der Waals surface area contributed by atoms with Crippen molar-refractivity contribution in [1.29, 1.82) is 0 Å². The number of piperidine rings is 1. The minimum absolute atomic E-state index is 0.668. The largest absolute Gasteiger partial charge is 0.370 e. The van der Waals surface area contributed by atoms with Gasteiger partial charge in [-0.2, -0.15) is 0 Å². The first-order valence-corrected chi connectivity index (χ1v) is 8.61. The number of hydrogen-bond acceptors (Lipinski definition) is 4. The average molecular weight is 288 g/mol. The van der Waals surface area contributed by atoms with E-state index in [1.165, 1.54) is 38.5 Å². The third kappa shape index (κ3) is 3.14. The van der Waals surface area contributed by atoms with Gasteiger partial charge in [-0.1, -0.05) is 19.8 Å². The van der Waals surface area contributed by atoms with E-state index < -0.39 is 0 Å². The van der Waals surface area contributed by atoms with Crippen LogP contribution in [-0.2, 0) is 6.42 Å². The van der Waals surface area contributed by atoms with Gasteiger partial charge in [-0.25, -0.2) is 9.97 Å². The Balaban J connectivity index is 1.73. The molecule has 1 aromatic heterocycles. The normalized spacial score (nSPS) is 21.0. The van der Waals surface area contributed by atoms with Crippen LogP contribution in [0.25, 0.3) is 0 Å². The number of hydrogen-bond donors (Lipinski definition) is 1. The van der Waals surface area contributed by atoms with Crippen LogP contribution in [0.3, 0.4) is 0 Å². The zero-order valence-electron chi connectivity index (χ0n) is 13.5. The van der Waals surface area contributed by atoms with Crippen LogP contribution >= 0.6 is 0 Å². The Morgan fingerprint density at radius 3 is 2.43 bits per heavy atom. The standard InChI is InChI=1S/C17H28N4/c1-3-14-19-15(18-4-2)13-16(20-14)21-11-9-17(10-12-21)7-5-6-8-17/h13H,3-12H2,1-2H3,(H,18,19,20). The predicted octanol–water partition coefficient (Wildman–Crippen LogP) is 3.63. The SMILES string of the molecule is CCNc1cc(N2CCC3(CCCC3)CC2)nc(CC)n1. The number of aryl methyl sites for hydroxylation is 1. The van der Waals surface area contributed by atoms with Gasteiger partial charge in [-0.3, -0.25) is 0 Å². The third-order valence-corrected chi connectivity index (χ3v) is 5.25. The summed E-state index contributed by atoms with van der Waals surface area (Å²) >= 11 is 0.